The second-order valence-corrected chi connectivity index (χ2v) is 9.39. The Morgan fingerprint density at radius 2 is 1.82 bits per heavy atom. The van der Waals surface area contributed by atoms with Crippen LogP contribution >= 0.6 is 34.8 Å². The Kier molecular flexibility index (Phi) is 5.85. The van der Waals surface area contributed by atoms with E-state index in [-0.39, 0.29) is 0 Å². The number of hydrogen-bond acceptors (Lipinski definition) is 6. The van der Waals surface area contributed by atoms with Crippen molar-refractivity contribution in [2.75, 3.05) is 24.5 Å². The molecule has 2 aromatic heterocycles. The van der Waals surface area contributed by atoms with Gasteiger partial charge in [0.15, 0.2) is 5.82 Å². The topological polar surface area (TPSA) is 102 Å². The van der Waals surface area contributed by atoms with Crippen molar-refractivity contribution in [3.8, 4) is 17.1 Å². The Balaban J connectivity index is 1.68. The van der Waals surface area contributed by atoms with E-state index in [0.717, 1.165) is 11.2 Å². The summed E-state index contributed by atoms with van der Waals surface area (Å²) >= 11 is 18.8. The molecule has 4 aromatic rings. The van der Waals surface area contributed by atoms with Gasteiger partial charge in [0.1, 0.15) is 16.9 Å². The number of imidazole rings is 1. The van der Waals surface area contributed by atoms with Crippen LogP contribution < -0.4 is 16.0 Å². The zero-order valence-electron chi connectivity index (χ0n) is 18.1. The molecule has 5 rings (SSSR count). The average molecular weight is 517 g/mol. The predicted molar refractivity (Wildman–Crippen MR) is 135 cm³/mol. The predicted octanol–water partition coefficient (Wildman–Crippen LogP) is 4.10. The molecule has 1 saturated heterocycles. The van der Waals surface area contributed by atoms with E-state index in [1.807, 2.05) is 34.6 Å². The van der Waals surface area contributed by atoms with Gasteiger partial charge in [-0.2, -0.15) is 5.10 Å². The largest absolute Gasteiger partial charge is 0.368 e. The van der Waals surface area contributed by atoms with Gasteiger partial charge in [-0.25, -0.2) is 4.98 Å². The Morgan fingerprint density at radius 3 is 2.47 bits per heavy atom. The highest BCUT2D eigenvalue weighted by atomic mass is 35.5. The Bertz CT molecular complexity index is 1400. The van der Waals surface area contributed by atoms with Crippen molar-refractivity contribution in [2.24, 2.45) is 5.73 Å². The number of primary amides is 1. The summed E-state index contributed by atoms with van der Waals surface area (Å²) in [6.45, 7) is 3.30. The molecule has 174 valence electrons. The summed E-state index contributed by atoms with van der Waals surface area (Å²) in [6.07, 6.45) is 1.65. The lowest BCUT2D eigenvalue weighted by atomic mass is 9.88. The molecule has 8 nitrogen and oxygen atoms in total. The molecule has 0 bridgehead atoms. The Morgan fingerprint density at radius 1 is 1.12 bits per heavy atom. The summed E-state index contributed by atoms with van der Waals surface area (Å²) in [4.78, 5) is 19.0. The molecule has 2 aromatic carbocycles. The number of carbonyl (C=O) groups is 1. The van der Waals surface area contributed by atoms with Crippen LogP contribution in [0.25, 0.3) is 28.1 Å². The van der Waals surface area contributed by atoms with Gasteiger partial charge < -0.3 is 16.0 Å². The van der Waals surface area contributed by atoms with Crippen LogP contribution in [0.2, 0.25) is 15.1 Å². The van der Waals surface area contributed by atoms with Gasteiger partial charge in [-0.05, 0) is 49.0 Å². The number of carbonyl (C=O) groups excluding carboxylic acids is 1. The molecule has 1 aliphatic rings. The fourth-order valence-corrected chi connectivity index (χ4v) is 4.89. The first-order valence-electron chi connectivity index (χ1n) is 10.6. The van der Waals surface area contributed by atoms with E-state index < -0.39 is 11.4 Å². The van der Waals surface area contributed by atoms with Crippen molar-refractivity contribution in [3.63, 3.8) is 0 Å². The number of nitrogens with two attached hydrogens (primary N) is 1. The SMILES string of the molecule is CCNC1(C(N)=O)CN(c2nncc3c2nc(-c2ccc(Cl)cc2Cl)n3-c2ccc(Cl)cc2)C1. The number of halogens is 3. The molecular weight excluding hydrogens is 497 g/mol. The highest BCUT2D eigenvalue weighted by Crippen LogP contribution is 2.38. The van der Waals surface area contributed by atoms with Crippen molar-refractivity contribution in [1.82, 2.24) is 25.1 Å². The fraction of sp³-hybridized carbons (Fsp3) is 0.217. The van der Waals surface area contributed by atoms with Crippen LogP contribution in [0.4, 0.5) is 5.82 Å². The maximum atomic E-state index is 12.1. The molecule has 0 saturated carbocycles. The molecule has 34 heavy (non-hydrogen) atoms. The monoisotopic (exact) mass is 515 g/mol. The second-order valence-electron chi connectivity index (χ2n) is 8.11. The smallest absolute Gasteiger partial charge is 0.241 e. The highest BCUT2D eigenvalue weighted by molar-refractivity contribution is 6.36. The lowest BCUT2D eigenvalue weighted by molar-refractivity contribution is -0.125. The van der Waals surface area contributed by atoms with Gasteiger partial charge in [0.05, 0.1) is 16.7 Å². The number of fused-ring (bicyclic) bond motifs is 1. The van der Waals surface area contributed by atoms with Crippen LogP contribution in [0.1, 0.15) is 6.92 Å². The Hall–Kier alpha value is -2.91. The van der Waals surface area contributed by atoms with E-state index >= 15 is 0 Å². The molecule has 1 amide bonds. The van der Waals surface area contributed by atoms with Crippen LogP contribution in [0.5, 0.6) is 0 Å². The minimum Gasteiger partial charge on any atom is -0.368 e. The molecule has 0 radical (unpaired) electrons. The lowest BCUT2D eigenvalue weighted by Gasteiger charge is -2.48. The molecular formula is C23H20Cl3N7O. The Labute approximate surface area is 210 Å². The number of nitrogens with one attached hydrogen (secondary N) is 1. The second kappa shape index (κ2) is 8.70. The van der Waals surface area contributed by atoms with Gasteiger partial charge in [-0.3, -0.25) is 9.36 Å². The molecule has 11 heteroatoms. The lowest BCUT2D eigenvalue weighted by Crippen LogP contribution is -2.75. The minimum atomic E-state index is -0.806. The third-order valence-corrected chi connectivity index (χ3v) is 6.72. The van der Waals surface area contributed by atoms with Crippen molar-refractivity contribution in [2.45, 2.75) is 12.5 Å². The summed E-state index contributed by atoms with van der Waals surface area (Å²) in [5.74, 6) is 0.765. The number of rotatable bonds is 6. The standard InChI is InChI=1S/C23H20Cl3N7O/c1-2-28-23(22(27)34)11-32(12-23)21-19-18(10-29-31-21)33(15-6-3-13(24)4-7-15)20(30-19)16-8-5-14(25)9-17(16)26/h3-10,28H,2,11-12H2,1H3,(H2,27,34). The molecule has 3 heterocycles. The maximum Gasteiger partial charge on any atom is 0.241 e. The van der Waals surface area contributed by atoms with Gasteiger partial charge in [0.25, 0.3) is 0 Å². The van der Waals surface area contributed by atoms with E-state index in [9.17, 15) is 4.79 Å². The van der Waals surface area contributed by atoms with E-state index in [1.54, 1.807) is 30.5 Å². The van der Waals surface area contributed by atoms with Gasteiger partial charge in [0.2, 0.25) is 5.91 Å². The quantitative estimate of drug-likeness (QED) is 0.400. The van der Waals surface area contributed by atoms with Crippen LogP contribution in [-0.2, 0) is 4.79 Å². The van der Waals surface area contributed by atoms with Gasteiger partial charge >= 0.3 is 0 Å². The number of anilines is 1. The average Bonchev–Trinajstić information content (AvgIpc) is 3.16. The van der Waals surface area contributed by atoms with Gasteiger partial charge in [-0.15, -0.1) is 5.10 Å². The summed E-state index contributed by atoms with van der Waals surface area (Å²) in [7, 11) is 0. The highest BCUT2D eigenvalue weighted by Gasteiger charge is 2.48. The van der Waals surface area contributed by atoms with E-state index in [1.165, 1.54) is 0 Å². The van der Waals surface area contributed by atoms with Crippen molar-refractivity contribution in [1.29, 1.82) is 0 Å². The van der Waals surface area contributed by atoms with Crippen LogP contribution in [0.15, 0.2) is 48.7 Å². The zero-order valence-corrected chi connectivity index (χ0v) is 20.4. The third-order valence-electron chi connectivity index (χ3n) is 5.92. The summed E-state index contributed by atoms with van der Waals surface area (Å²) in [5.41, 5.74) is 7.75. The van der Waals surface area contributed by atoms with E-state index in [4.69, 9.17) is 45.5 Å². The zero-order chi connectivity index (χ0) is 24.0. The summed E-state index contributed by atoms with van der Waals surface area (Å²) < 4.78 is 1.95. The molecule has 1 aliphatic heterocycles. The number of benzene rings is 2. The van der Waals surface area contributed by atoms with E-state index in [0.29, 0.717) is 57.4 Å². The van der Waals surface area contributed by atoms with Gasteiger partial charge in [0, 0.05) is 34.4 Å². The summed E-state index contributed by atoms with van der Waals surface area (Å²) in [5, 5.41) is 13.4. The summed E-state index contributed by atoms with van der Waals surface area (Å²) in [6, 6.07) is 12.7. The van der Waals surface area contributed by atoms with Crippen molar-refractivity contribution >= 4 is 57.6 Å². The first-order valence-corrected chi connectivity index (χ1v) is 11.7. The molecule has 0 spiro atoms. The number of aromatic nitrogens is 4. The molecule has 0 unspecified atom stereocenters. The first-order chi connectivity index (χ1) is 16.3. The number of nitrogens with zero attached hydrogens (tertiary/aromatic N) is 5. The third kappa shape index (κ3) is 3.76. The molecule has 0 atom stereocenters. The fourth-order valence-electron chi connectivity index (χ4n) is 4.27. The number of hydrogen-bond donors (Lipinski definition) is 2. The molecule has 3 N–H and O–H groups in total. The van der Waals surface area contributed by atoms with Gasteiger partial charge in [-0.1, -0.05) is 41.7 Å². The van der Waals surface area contributed by atoms with Crippen LogP contribution in [0.3, 0.4) is 0 Å². The number of amides is 1. The van der Waals surface area contributed by atoms with Crippen molar-refractivity contribution in [3.05, 3.63) is 63.7 Å². The number of likely N-dealkylation sites (N-methyl/N-ethyl adjacent to an activating group) is 1. The first kappa shape index (κ1) is 22.9. The molecule has 1 fully saturated rings. The van der Waals surface area contributed by atoms with E-state index in [2.05, 4.69) is 15.5 Å². The van der Waals surface area contributed by atoms with Crippen molar-refractivity contribution < 1.29 is 4.79 Å². The minimum absolute atomic E-state index is 0.370. The maximum absolute atomic E-state index is 12.1. The normalized spacial score (nSPS) is 14.9. The van der Waals surface area contributed by atoms with Crippen LogP contribution in [-0.4, -0.2) is 50.8 Å². The molecule has 0 aliphatic carbocycles. The van der Waals surface area contributed by atoms with Crippen LogP contribution in [0, 0.1) is 0 Å².